The summed E-state index contributed by atoms with van der Waals surface area (Å²) < 4.78 is 2.36. The summed E-state index contributed by atoms with van der Waals surface area (Å²) in [6, 6.07) is 68.4. The fourth-order valence-corrected chi connectivity index (χ4v) is 7.63. The molecule has 0 saturated heterocycles. The van der Waals surface area contributed by atoms with Gasteiger partial charge < -0.3 is 9.47 Å². The van der Waals surface area contributed by atoms with E-state index in [1.54, 1.807) is 0 Å². The van der Waals surface area contributed by atoms with Crippen molar-refractivity contribution in [3.63, 3.8) is 0 Å². The average Bonchev–Trinajstić information content (AvgIpc) is 3.56. The van der Waals surface area contributed by atoms with Crippen LogP contribution in [0.2, 0.25) is 0 Å². The van der Waals surface area contributed by atoms with Gasteiger partial charge in [-0.1, -0.05) is 121 Å². The molecule has 0 bridgehead atoms. The van der Waals surface area contributed by atoms with Crippen LogP contribution >= 0.6 is 0 Å². The van der Waals surface area contributed by atoms with E-state index in [0.717, 1.165) is 67.1 Å². The zero-order chi connectivity index (χ0) is 34.4. The van der Waals surface area contributed by atoms with Crippen LogP contribution in [-0.4, -0.2) is 14.5 Å². The molecule has 10 aromatic rings. The van der Waals surface area contributed by atoms with Gasteiger partial charge in [0, 0.05) is 44.3 Å². The lowest BCUT2D eigenvalue weighted by Gasteiger charge is -2.28. The molecule has 0 aliphatic carbocycles. The van der Waals surface area contributed by atoms with Crippen LogP contribution in [-0.2, 0) is 0 Å². The lowest BCUT2D eigenvalue weighted by molar-refractivity contribution is 1.17. The highest BCUT2D eigenvalue weighted by Gasteiger charge is 2.21. The normalized spacial score (nSPS) is 11.5. The van der Waals surface area contributed by atoms with Gasteiger partial charge in [0.05, 0.1) is 39.1 Å². The van der Waals surface area contributed by atoms with Gasteiger partial charge >= 0.3 is 0 Å². The van der Waals surface area contributed by atoms with Crippen LogP contribution < -0.4 is 4.90 Å². The van der Waals surface area contributed by atoms with Gasteiger partial charge in [0.25, 0.3) is 0 Å². The maximum absolute atomic E-state index is 5.26. The molecule has 2 heterocycles. The van der Waals surface area contributed by atoms with Crippen LogP contribution in [0.4, 0.5) is 17.1 Å². The van der Waals surface area contributed by atoms with E-state index in [1.807, 2.05) is 30.3 Å². The second-order valence-electron chi connectivity index (χ2n) is 13.0. The van der Waals surface area contributed by atoms with E-state index in [4.69, 9.17) is 9.97 Å². The Labute approximate surface area is 301 Å². The first kappa shape index (κ1) is 29.8. The van der Waals surface area contributed by atoms with E-state index < -0.39 is 0 Å². The minimum Gasteiger partial charge on any atom is -0.310 e. The summed E-state index contributed by atoms with van der Waals surface area (Å²) in [7, 11) is 0. The van der Waals surface area contributed by atoms with Crippen molar-refractivity contribution in [3.8, 4) is 28.2 Å². The molecule has 0 amide bonds. The van der Waals surface area contributed by atoms with Crippen molar-refractivity contribution >= 4 is 60.7 Å². The topological polar surface area (TPSA) is 34.0 Å². The number of para-hydroxylation sites is 5. The molecule has 4 heteroatoms. The predicted molar refractivity (Wildman–Crippen MR) is 217 cm³/mol. The Balaban J connectivity index is 1.15. The number of hydrogen-bond acceptors (Lipinski definition) is 3. The average molecular weight is 665 g/mol. The van der Waals surface area contributed by atoms with Crippen molar-refractivity contribution in [2.75, 3.05) is 4.90 Å². The number of rotatable bonds is 6. The first-order chi connectivity index (χ1) is 25.8. The summed E-state index contributed by atoms with van der Waals surface area (Å²) in [5.41, 5.74) is 12.4. The predicted octanol–water partition coefficient (Wildman–Crippen LogP) is 12.7. The molecule has 4 nitrogen and oxygen atoms in total. The Kier molecular flexibility index (Phi) is 7.10. The molecule has 0 aliphatic rings. The number of hydrogen-bond donors (Lipinski definition) is 0. The zero-order valence-electron chi connectivity index (χ0n) is 28.3. The maximum Gasteiger partial charge on any atom is 0.0979 e. The van der Waals surface area contributed by atoms with E-state index >= 15 is 0 Å². The molecule has 0 unspecified atom stereocenters. The fraction of sp³-hybridized carbons (Fsp3) is 0. The Morgan fingerprint density at radius 2 is 0.865 bits per heavy atom. The molecule has 8 aromatic carbocycles. The minimum absolute atomic E-state index is 0.870. The van der Waals surface area contributed by atoms with Gasteiger partial charge in [-0.3, -0.25) is 0 Å². The lowest BCUT2D eigenvalue weighted by Crippen LogP contribution is -2.11. The summed E-state index contributed by atoms with van der Waals surface area (Å²) in [6.45, 7) is 0. The number of anilines is 3. The molecule has 0 spiro atoms. The summed E-state index contributed by atoms with van der Waals surface area (Å²) in [5.74, 6) is 0. The highest BCUT2D eigenvalue weighted by Crippen LogP contribution is 2.43. The molecule has 0 saturated carbocycles. The fourth-order valence-electron chi connectivity index (χ4n) is 7.63. The molecular formula is C48H32N4. The van der Waals surface area contributed by atoms with Gasteiger partial charge in [-0.2, -0.15) is 0 Å². The van der Waals surface area contributed by atoms with Crippen LogP contribution in [0.1, 0.15) is 0 Å². The Bertz CT molecular complexity index is 2840. The van der Waals surface area contributed by atoms with Crippen LogP contribution in [0.25, 0.3) is 71.8 Å². The van der Waals surface area contributed by atoms with Crippen molar-refractivity contribution in [2.45, 2.75) is 0 Å². The van der Waals surface area contributed by atoms with E-state index in [-0.39, 0.29) is 0 Å². The van der Waals surface area contributed by atoms with Gasteiger partial charge in [0.15, 0.2) is 0 Å². The van der Waals surface area contributed by atoms with Crippen LogP contribution in [0.15, 0.2) is 194 Å². The van der Waals surface area contributed by atoms with Crippen molar-refractivity contribution in [2.24, 2.45) is 0 Å². The lowest BCUT2D eigenvalue weighted by atomic mass is 9.96. The van der Waals surface area contributed by atoms with Crippen molar-refractivity contribution in [3.05, 3.63) is 194 Å². The quantitative estimate of drug-likeness (QED) is 0.177. The molecule has 52 heavy (non-hydrogen) atoms. The van der Waals surface area contributed by atoms with Gasteiger partial charge in [0.1, 0.15) is 0 Å². The number of benzene rings is 8. The van der Waals surface area contributed by atoms with Crippen LogP contribution in [0.3, 0.4) is 0 Å². The van der Waals surface area contributed by atoms with Crippen LogP contribution in [0.5, 0.6) is 0 Å². The smallest absolute Gasteiger partial charge is 0.0979 e. The van der Waals surface area contributed by atoms with Crippen molar-refractivity contribution in [1.82, 2.24) is 14.5 Å². The number of fused-ring (bicyclic) bond motifs is 5. The molecule has 0 fully saturated rings. The molecule has 0 aliphatic heterocycles. The van der Waals surface area contributed by atoms with E-state index in [1.165, 1.54) is 21.8 Å². The molecule has 0 radical (unpaired) electrons. The third-order valence-corrected chi connectivity index (χ3v) is 9.98. The Morgan fingerprint density at radius 1 is 0.365 bits per heavy atom. The molecule has 244 valence electrons. The Hall–Kier alpha value is -7.04. The Morgan fingerprint density at radius 3 is 1.52 bits per heavy atom. The van der Waals surface area contributed by atoms with Crippen LogP contribution in [0, 0.1) is 0 Å². The summed E-state index contributed by atoms with van der Waals surface area (Å²) in [5, 5.41) is 4.76. The molecule has 0 atom stereocenters. The highest BCUT2D eigenvalue weighted by atomic mass is 15.1. The third-order valence-electron chi connectivity index (χ3n) is 9.98. The summed E-state index contributed by atoms with van der Waals surface area (Å²) in [4.78, 5) is 12.8. The highest BCUT2D eigenvalue weighted by molar-refractivity contribution is 6.10. The first-order valence-electron chi connectivity index (χ1n) is 17.6. The van der Waals surface area contributed by atoms with Gasteiger partial charge in [-0.15, -0.1) is 0 Å². The van der Waals surface area contributed by atoms with Gasteiger partial charge in [-0.25, -0.2) is 9.97 Å². The molecular weight excluding hydrogens is 633 g/mol. The minimum atomic E-state index is 0.870. The molecule has 0 N–H and O–H groups in total. The van der Waals surface area contributed by atoms with Gasteiger partial charge in [-0.05, 0) is 78.2 Å². The maximum atomic E-state index is 5.26. The summed E-state index contributed by atoms with van der Waals surface area (Å²) >= 11 is 0. The van der Waals surface area contributed by atoms with E-state index in [9.17, 15) is 0 Å². The number of aromatic nitrogens is 3. The monoisotopic (exact) mass is 664 g/mol. The second-order valence-corrected chi connectivity index (χ2v) is 13.0. The van der Waals surface area contributed by atoms with Gasteiger partial charge in [0.2, 0.25) is 0 Å². The SMILES string of the molecule is c1ccc(-c2nc3ccccc3nc2-c2ccc(N(c3ccccc3)c3ccc(-n4c5ccccc5c5ccccc54)cc3)c3ccccc23)cc1. The van der Waals surface area contributed by atoms with E-state index in [0.29, 0.717) is 0 Å². The summed E-state index contributed by atoms with van der Waals surface area (Å²) in [6.07, 6.45) is 0. The van der Waals surface area contributed by atoms with Crippen molar-refractivity contribution < 1.29 is 0 Å². The largest absolute Gasteiger partial charge is 0.310 e. The first-order valence-corrected chi connectivity index (χ1v) is 17.6. The second kappa shape index (κ2) is 12.4. The molecule has 10 rings (SSSR count). The third kappa shape index (κ3) is 4.92. The van der Waals surface area contributed by atoms with Crippen molar-refractivity contribution in [1.29, 1.82) is 0 Å². The number of nitrogens with zero attached hydrogens (tertiary/aromatic N) is 4. The molecule has 2 aromatic heterocycles. The zero-order valence-corrected chi connectivity index (χ0v) is 28.3. The van der Waals surface area contributed by atoms with E-state index in [2.05, 4.69) is 173 Å². The standard InChI is InChI=1S/C48H32N4/c1-3-15-33(16-4-1)47-48(50-43-24-12-11-23-42(43)49-47)41-31-32-46(38-20-8-7-19-37(38)41)51(34-17-5-2-6-18-34)35-27-29-36(30-28-35)52-44-25-13-9-21-39(44)40-22-10-14-26-45(40)52/h1-32H.